The summed E-state index contributed by atoms with van der Waals surface area (Å²) in [4.78, 5) is 0. The van der Waals surface area contributed by atoms with Crippen LogP contribution in [-0.2, 0) is 0 Å². The Kier molecular flexibility index (Phi) is 3.80. The molecule has 0 aromatic carbocycles. The lowest BCUT2D eigenvalue weighted by molar-refractivity contribution is 0.399. The standard InChI is InChI=1S/C6H8O.CH4O/c1-5-3-4-7-6(5)2;1-2/h3-4H,1-2H3;2H,1H3. The Morgan fingerprint density at radius 1 is 1.33 bits per heavy atom. The van der Waals surface area contributed by atoms with Crippen molar-refractivity contribution in [3.63, 3.8) is 0 Å². The molecule has 52 valence electrons. The first-order valence-corrected chi connectivity index (χ1v) is 2.76. The quantitative estimate of drug-likeness (QED) is 0.574. The minimum atomic E-state index is 1.00. The van der Waals surface area contributed by atoms with E-state index in [9.17, 15) is 0 Å². The first-order valence-electron chi connectivity index (χ1n) is 2.76. The van der Waals surface area contributed by atoms with Crippen LogP contribution in [0.15, 0.2) is 16.7 Å². The summed E-state index contributed by atoms with van der Waals surface area (Å²) in [5, 5.41) is 7.00. The Bertz CT molecular complexity index is 139. The maximum Gasteiger partial charge on any atom is 0.103 e. The third-order valence-electron chi connectivity index (χ3n) is 1.12. The van der Waals surface area contributed by atoms with Gasteiger partial charge in [0.15, 0.2) is 0 Å². The number of hydrogen-bond acceptors (Lipinski definition) is 2. The van der Waals surface area contributed by atoms with Crippen LogP contribution in [-0.4, -0.2) is 12.2 Å². The summed E-state index contributed by atoms with van der Waals surface area (Å²) in [6, 6.07) is 1.95. The average Bonchev–Trinajstić information content (AvgIpc) is 2.23. The van der Waals surface area contributed by atoms with Crippen LogP contribution in [0.5, 0.6) is 0 Å². The average molecular weight is 128 g/mol. The molecule has 0 atom stereocenters. The van der Waals surface area contributed by atoms with Gasteiger partial charge in [0.05, 0.1) is 6.26 Å². The van der Waals surface area contributed by atoms with Crippen molar-refractivity contribution in [3.8, 4) is 0 Å². The highest BCUT2D eigenvalue weighted by Gasteiger charge is 1.88. The summed E-state index contributed by atoms with van der Waals surface area (Å²) in [6.45, 7) is 3.98. The third kappa shape index (κ3) is 2.33. The van der Waals surface area contributed by atoms with Crippen LogP contribution in [0.3, 0.4) is 0 Å². The van der Waals surface area contributed by atoms with Crippen LogP contribution in [0.4, 0.5) is 0 Å². The van der Waals surface area contributed by atoms with E-state index in [1.54, 1.807) is 6.26 Å². The van der Waals surface area contributed by atoms with Crippen LogP contribution in [0.25, 0.3) is 0 Å². The summed E-state index contributed by atoms with van der Waals surface area (Å²) in [5.74, 6) is 1.01. The van der Waals surface area contributed by atoms with Crippen LogP contribution in [0.1, 0.15) is 11.3 Å². The van der Waals surface area contributed by atoms with Gasteiger partial charge >= 0.3 is 0 Å². The number of aliphatic hydroxyl groups is 1. The van der Waals surface area contributed by atoms with Crippen molar-refractivity contribution in [1.29, 1.82) is 0 Å². The fourth-order valence-corrected chi connectivity index (χ4v) is 0.448. The fraction of sp³-hybridized carbons (Fsp3) is 0.429. The molecule has 1 rings (SSSR count). The molecule has 1 aromatic heterocycles. The highest BCUT2D eigenvalue weighted by molar-refractivity contribution is 5.11. The van der Waals surface area contributed by atoms with Crippen molar-refractivity contribution in [3.05, 3.63) is 23.7 Å². The Labute approximate surface area is 55.1 Å². The first-order chi connectivity index (χ1) is 4.30. The molecule has 0 aliphatic heterocycles. The van der Waals surface area contributed by atoms with E-state index in [1.807, 2.05) is 19.9 Å². The van der Waals surface area contributed by atoms with Crippen LogP contribution in [0, 0.1) is 13.8 Å². The monoisotopic (exact) mass is 128 g/mol. The van der Waals surface area contributed by atoms with Crippen LogP contribution >= 0.6 is 0 Å². The minimum absolute atomic E-state index is 1.00. The summed E-state index contributed by atoms with van der Waals surface area (Å²) in [7, 11) is 1.00. The molecule has 0 aliphatic carbocycles. The number of aryl methyl sites for hydroxylation is 2. The maximum atomic E-state index is 7.00. The molecule has 0 fully saturated rings. The second kappa shape index (κ2) is 4.15. The zero-order valence-electron chi connectivity index (χ0n) is 6.01. The molecule has 0 bridgehead atoms. The predicted molar refractivity (Wildman–Crippen MR) is 36.3 cm³/mol. The van der Waals surface area contributed by atoms with Crippen molar-refractivity contribution < 1.29 is 9.52 Å². The van der Waals surface area contributed by atoms with Crippen molar-refractivity contribution in [2.75, 3.05) is 7.11 Å². The van der Waals surface area contributed by atoms with Gasteiger partial charge in [0.25, 0.3) is 0 Å². The Morgan fingerprint density at radius 3 is 2.00 bits per heavy atom. The smallest absolute Gasteiger partial charge is 0.103 e. The van der Waals surface area contributed by atoms with Gasteiger partial charge in [-0.25, -0.2) is 0 Å². The Morgan fingerprint density at radius 2 is 1.89 bits per heavy atom. The van der Waals surface area contributed by atoms with Gasteiger partial charge < -0.3 is 9.52 Å². The van der Waals surface area contributed by atoms with Gasteiger partial charge in [0, 0.05) is 7.11 Å². The second-order valence-electron chi connectivity index (χ2n) is 1.66. The van der Waals surface area contributed by atoms with Gasteiger partial charge in [-0.2, -0.15) is 0 Å². The van der Waals surface area contributed by atoms with Crippen LogP contribution < -0.4 is 0 Å². The second-order valence-corrected chi connectivity index (χ2v) is 1.66. The molecule has 0 unspecified atom stereocenters. The summed E-state index contributed by atoms with van der Waals surface area (Å²) < 4.78 is 4.96. The van der Waals surface area contributed by atoms with Crippen molar-refractivity contribution in [1.82, 2.24) is 0 Å². The molecule has 1 N–H and O–H groups in total. The molecule has 0 aliphatic rings. The van der Waals surface area contributed by atoms with Crippen LogP contribution in [0.2, 0.25) is 0 Å². The first kappa shape index (κ1) is 8.24. The van der Waals surface area contributed by atoms with E-state index >= 15 is 0 Å². The Hall–Kier alpha value is -0.760. The number of furan rings is 1. The van der Waals surface area contributed by atoms with E-state index in [4.69, 9.17) is 9.52 Å². The zero-order valence-corrected chi connectivity index (χ0v) is 6.01. The van der Waals surface area contributed by atoms with Crippen molar-refractivity contribution >= 4 is 0 Å². The van der Waals surface area contributed by atoms with E-state index in [0.29, 0.717) is 0 Å². The molecule has 0 spiro atoms. The van der Waals surface area contributed by atoms with Gasteiger partial charge in [0.1, 0.15) is 5.76 Å². The molecule has 9 heavy (non-hydrogen) atoms. The lowest BCUT2D eigenvalue weighted by Gasteiger charge is -1.79. The molecule has 1 aromatic rings. The van der Waals surface area contributed by atoms with Gasteiger partial charge in [-0.1, -0.05) is 0 Å². The fourth-order valence-electron chi connectivity index (χ4n) is 0.448. The van der Waals surface area contributed by atoms with Crippen molar-refractivity contribution in [2.24, 2.45) is 0 Å². The molecule has 0 amide bonds. The van der Waals surface area contributed by atoms with Gasteiger partial charge in [-0.05, 0) is 25.5 Å². The molecule has 0 radical (unpaired) electrons. The predicted octanol–water partition coefficient (Wildman–Crippen LogP) is 1.50. The van der Waals surface area contributed by atoms with Gasteiger partial charge in [0.2, 0.25) is 0 Å². The molecular weight excluding hydrogens is 116 g/mol. The van der Waals surface area contributed by atoms with E-state index in [1.165, 1.54) is 5.56 Å². The normalized spacial score (nSPS) is 8.00. The molecule has 2 nitrogen and oxygen atoms in total. The molecule has 1 heterocycles. The molecule has 0 saturated carbocycles. The lowest BCUT2D eigenvalue weighted by atomic mass is 10.3. The number of hydrogen-bond donors (Lipinski definition) is 1. The van der Waals surface area contributed by atoms with Gasteiger partial charge in [-0.15, -0.1) is 0 Å². The zero-order chi connectivity index (χ0) is 7.28. The highest BCUT2D eigenvalue weighted by atomic mass is 16.3. The van der Waals surface area contributed by atoms with Gasteiger partial charge in [-0.3, -0.25) is 0 Å². The number of aliphatic hydroxyl groups excluding tert-OH is 1. The largest absolute Gasteiger partial charge is 0.469 e. The summed E-state index contributed by atoms with van der Waals surface area (Å²) in [5.41, 5.74) is 1.22. The highest BCUT2D eigenvalue weighted by Crippen LogP contribution is 2.04. The SMILES string of the molecule is CO.Cc1ccoc1C. The topological polar surface area (TPSA) is 33.4 Å². The summed E-state index contributed by atoms with van der Waals surface area (Å²) >= 11 is 0. The molecule has 0 saturated heterocycles. The van der Waals surface area contributed by atoms with E-state index in [2.05, 4.69) is 0 Å². The van der Waals surface area contributed by atoms with Crippen molar-refractivity contribution in [2.45, 2.75) is 13.8 Å². The maximum absolute atomic E-state index is 7.00. The summed E-state index contributed by atoms with van der Waals surface area (Å²) in [6.07, 6.45) is 1.70. The van der Waals surface area contributed by atoms with E-state index < -0.39 is 0 Å². The molecular formula is C7H12O2. The Balaban J connectivity index is 0.000000291. The minimum Gasteiger partial charge on any atom is -0.469 e. The lowest BCUT2D eigenvalue weighted by Crippen LogP contribution is -1.63. The van der Waals surface area contributed by atoms with E-state index in [-0.39, 0.29) is 0 Å². The third-order valence-corrected chi connectivity index (χ3v) is 1.12. The van der Waals surface area contributed by atoms with E-state index in [0.717, 1.165) is 12.9 Å². The molecule has 2 heteroatoms. The number of rotatable bonds is 0.